The molecule has 3 aromatic rings. The van der Waals surface area contributed by atoms with E-state index in [0.29, 0.717) is 16.7 Å². The Morgan fingerprint density at radius 2 is 1.77 bits per heavy atom. The molecular weight excluding hydrogens is 353 g/mol. The molecule has 1 aromatic heterocycles. The number of nitrogens with two attached hydrogens (primary N) is 1. The van der Waals surface area contributed by atoms with Gasteiger partial charge in [-0.3, -0.25) is 0 Å². The van der Waals surface area contributed by atoms with Crippen molar-refractivity contribution in [2.24, 2.45) is 10.6 Å². The van der Waals surface area contributed by atoms with Crippen LogP contribution in [0.3, 0.4) is 0 Å². The molecule has 0 bridgehead atoms. The van der Waals surface area contributed by atoms with Crippen molar-refractivity contribution in [3.8, 4) is 0 Å². The number of primary sulfonamides is 1. The molecule has 2 aromatic carbocycles. The molecule has 7 heteroatoms. The quantitative estimate of drug-likeness (QED) is 0.765. The van der Waals surface area contributed by atoms with E-state index in [4.69, 9.17) is 5.14 Å². The van der Waals surface area contributed by atoms with Gasteiger partial charge in [0.1, 0.15) is 11.6 Å². The van der Waals surface area contributed by atoms with Gasteiger partial charge < -0.3 is 0 Å². The van der Waals surface area contributed by atoms with Crippen LogP contribution in [-0.4, -0.2) is 18.4 Å². The summed E-state index contributed by atoms with van der Waals surface area (Å²) in [6.07, 6.45) is 1.53. The van der Waals surface area contributed by atoms with Gasteiger partial charge in [-0.1, -0.05) is 32.0 Å². The van der Waals surface area contributed by atoms with Crippen LogP contribution < -0.4 is 5.14 Å². The highest BCUT2D eigenvalue weighted by molar-refractivity contribution is 7.89. The fourth-order valence-electron chi connectivity index (χ4n) is 3.79. The molecule has 1 fully saturated rings. The molecular formula is C19H18FN3O2S. The standard InChI is InChI=1S/C19H18FN3O2S/c1-19(2)16(11-6-8-12(9-7-11)26(21,24)25)17(19)18-22-10-13-14(20)4-3-5-15(13)23-18/h3-10,16-17H,1-2H3,(H2,21,24,25)/t16-,17+/m0/s1. The maximum atomic E-state index is 13.8. The first-order valence-electron chi connectivity index (χ1n) is 8.23. The Kier molecular flexibility index (Phi) is 3.65. The van der Waals surface area contributed by atoms with E-state index >= 15 is 0 Å². The van der Waals surface area contributed by atoms with Gasteiger partial charge in [-0.05, 0) is 35.2 Å². The van der Waals surface area contributed by atoms with Crippen molar-refractivity contribution in [1.82, 2.24) is 9.97 Å². The molecule has 1 saturated carbocycles. The summed E-state index contributed by atoms with van der Waals surface area (Å²) >= 11 is 0. The summed E-state index contributed by atoms with van der Waals surface area (Å²) in [6.45, 7) is 4.24. The van der Waals surface area contributed by atoms with Gasteiger partial charge in [-0.25, -0.2) is 27.9 Å². The first-order valence-corrected chi connectivity index (χ1v) is 9.78. The van der Waals surface area contributed by atoms with Crippen molar-refractivity contribution in [3.63, 3.8) is 0 Å². The highest BCUT2D eigenvalue weighted by Crippen LogP contribution is 2.69. The zero-order valence-corrected chi connectivity index (χ0v) is 15.2. The predicted molar refractivity (Wildman–Crippen MR) is 96.6 cm³/mol. The van der Waals surface area contributed by atoms with E-state index in [0.717, 1.165) is 5.56 Å². The number of hydrogen-bond acceptors (Lipinski definition) is 4. The minimum atomic E-state index is -3.71. The lowest BCUT2D eigenvalue weighted by molar-refractivity contribution is 0.593. The average Bonchev–Trinajstić information content (AvgIpc) is 3.16. The fraction of sp³-hybridized carbons (Fsp3) is 0.263. The van der Waals surface area contributed by atoms with Crippen LogP contribution in [0.1, 0.15) is 37.1 Å². The van der Waals surface area contributed by atoms with Crippen LogP contribution in [0.2, 0.25) is 0 Å². The average molecular weight is 371 g/mol. The van der Waals surface area contributed by atoms with E-state index in [1.807, 2.05) is 0 Å². The molecule has 1 heterocycles. The number of rotatable bonds is 3. The third kappa shape index (κ3) is 2.68. The minimum Gasteiger partial charge on any atom is -0.240 e. The van der Waals surface area contributed by atoms with Crippen LogP contribution in [0.15, 0.2) is 53.6 Å². The number of aromatic nitrogens is 2. The van der Waals surface area contributed by atoms with Crippen LogP contribution in [0.25, 0.3) is 10.9 Å². The Balaban J connectivity index is 1.70. The Labute approximate surface area is 151 Å². The highest BCUT2D eigenvalue weighted by atomic mass is 32.2. The minimum absolute atomic E-state index is 0.0792. The molecule has 0 radical (unpaired) electrons. The van der Waals surface area contributed by atoms with Gasteiger partial charge in [0, 0.05) is 18.0 Å². The smallest absolute Gasteiger partial charge is 0.238 e. The van der Waals surface area contributed by atoms with Gasteiger partial charge in [-0.2, -0.15) is 0 Å². The first-order chi connectivity index (χ1) is 12.2. The lowest BCUT2D eigenvalue weighted by Gasteiger charge is -2.04. The topological polar surface area (TPSA) is 85.9 Å². The van der Waals surface area contributed by atoms with Crippen molar-refractivity contribution in [1.29, 1.82) is 0 Å². The van der Waals surface area contributed by atoms with Crippen molar-refractivity contribution in [3.05, 3.63) is 65.9 Å². The predicted octanol–water partition coefficient (Wildman–Crippen LogP) is 3.32. The maximum Gasteiger partial charge on any atom is 0.238 e. The number of fused-ring (bicyclic) bond motifs is 1. The van der Waals surface area contributed by atoms with Gasteiger partial charge >= 0.3 is 0 Å². The largest absolute Gasteiger partial charge is 0.240 e. The van der Waals surface area contributed by atoms with Gasteiger partial charge in [0.2, 0.25) is 10.0 Å². The molecule has 4 rings (SSSR count). The summed E-state index contributed by atoms with van der Waals surface area (Å²) < 4.78 is 36.7. The number of nitrogens with zero attached hydrogens (tertiary/aromatic N) is 2. The van der Waals surface area contributed by atoms with Crippen LogP contribution in [-0.2, 0) is 10.0 Å². The molecule has 134 valence electrons. The van der Waals surface area contributed by atoms with Crippen molar-refractivity contribution in [2.45, 2.75) is 30.6 Å². The lowest BCUT2D eigenvalue weighted by atomic mass is 10.0. The van der Waals surface area contributed by atoms with E-state index < -0.39 is 10.0 Å². The molecule has 26 heavy (non-hydrogen) atoms. The summed E-state index contributed by atoms with van der Waals surface area (Å²) in [4.78, 5) is 9.04. The molecule has 0 saturated heterocycles. The van der Waals surface area contributed by atoms with Crippen LogP contribution >= 0.6 is 0 Å². The molecule has 1 aliphatic rings. The Bertz CT molecular complexity index is 1110. The Morgan fingerprint density at radius 1 is 1.08 bits per heavy atom. The Hall–Kier alpha value is -2.38. The third-order valence-corrected chi connectivity index (χ3v) is 6.19. The molecule has 2 atom stereocenters. The van der Waals surface area contributed by atoms with Gasteiger partial charge in [0.15, 0.2) is 0 Å². The summed E-state index contributed by atoms with van der Waals surface area (Å²) in [5, 5.41) is 5.56. The second kappa shape index (κ2) is 5.56. The van der Waals surface area contributed by atoms with E-state index in [1.165, 1.54) is 24.4 Å². The van der Waals surface area contributed by atoms with Gasteiger partial charge in [0.25, 0.3) is 0 Å². The zero-order valence-electron chi connectivity index (χ0n) is 14.3. The van der Waals surface area contributed by atoms with Gasteiger partial charge in [0.05, 0.1) is 15.8 Å². The third-order valence-electron chi connectivity index (χ3n) is 5.26. The fourth-order valence-corrected chi connectivity index (χ4v) is 4.31. The zero-order chi connectivity index (χ0) is 18.7. The molecule has 5 nitrogen and oxygen atoms in total. The van der Waals surface area contributed by atoms with E-state index in [9.17, 15) is 12.8 Å². The highest BCUT2D eigenvalue weighted by Gasteiger charge is 2.60. The van der Waals surface area contributed by atoms with Crippen LogP contribution in [0.4, 0.5) is 4.39 Å². The number of sulfonamides is 1. The number of halogens is 1. The van der Waals surface area contributed by atoms with E-state index in [-0.39, 0.29) is 28.0 Å². The summed E-state index contributed by atoms with van der Waals surface area (Å²) in [6, 6.07) is 11.4. The number of hydrogen-bond donors (Lipinski definition) is 1. The van der Waals surface area contributed by atoms with E-state index in [1.54, 1.807) is 24.3 Å². The second-order valence-electron chi connectivity index (χ2n) is 7.29. The number of benzene rings is 2. The molecule has 0 aliphatic heterocycles. The van der Waals surface area contributed by atoms with Crippen molar-refractivity contribution >= 4 is 20.9 Å². The molecule has 0 unspecified atom stereocenters. The van der Waals surface area contributed by atoms with Crippen LogP contribution in [0, 0.1) is 11.2 Å². The van der Waals surface area contributed by atoms with Gasteiger partial charge in [-0.15, -0.1) is 0 Å². The summed E-state index contributed by atoms with van der Waals surface area (Å²) in [5.41, 5.74) is 1.51. The normalized spacial score (nSPS) is 21.7. The van der Waals surface area contributed by atoms with Crippen molar-refractivity contribution in [2.75, 3.05) is 0 Å². The monoisotopic (exact) mass is 371 g/mol. The summed E-state index contributed by atoms with van der Waals surface area (Å²) in [7, 11) is -3.71. The van der Waals surface area contributed by atoms with Crippen molar-refractivity contribution < 1.29 is 12.8 Å². The summed E-state index contributed by atoms with van der Waals surface area (Å²) in [5.74, 6) is 0.575. The Morgan fingerprint density at radius 3 is 2.42 bits per heavy atom. The maximum absolute atomic E-state index is 13.8. The van der Waals surface area contributed by atoms with E-state index in [2.05, 4.69) is 23.8 Å². The SMILES string of the molecule is CC1(C)[C@@H](c2ccc(S(N)(=O)=O)cc2)[C@@H]1c1ncc2c(F)cccc2n1. The lowest BCUT2D eigenvalue weighted by Crippen LogP contribution is -2.11. The molecule has 0 amide bonds. The second-order valence-corrected chi connectivity index (χ2v) is 8.85. The molecule has 0 spiro atoms. The first kappa shape index (κ1) is 17.1. The molecule has 1 aliphatic carbocycles. The van der Waals surface area contributed by atoms with Crippen LogP contribution in [0.5, 0.6) is 0 Å². The molecule has 2 N–H and O–H groups in total.